The molecule has 0 unspecified atom stereocenters. The molecule has 1 aliphatic rings. The van der Waals surface area contributed by atoms with Gasteiger partial charge in [0.1, 0.15) is 0 Å². The molecule has 2 nitrogen and oxygen atoms in total. The molecule has 1 aromatic rings. The molecular formula is C15H24N2. The Kier molecular flexibility index (Phi) is 3.43. The Balaban J connectivity index is 1.86. The molecule has 0 radical (unpaired) electrons. The molecule has 0 aromatic heterocycles. The maximum atomic E-state index is 5.78. The van der Waals surface area contributed by atoms with Gasteiger partial charge in [0.05, 0.1) is 0 Å². The first-order valence-corrected chi connectivity index (χ1v) is 6.55. The third-order valence-electron chi connectivity index (χ3n) is 3.62. The zero-order valence-electron chi connectivity index (χ0n) is 11.2. The summed E-state index contributed by atoms with van der Waals surface area (Å²) in [4.78, 5) is 0. The van der Waals surface area contributed by atoms with Crippen LogP contribution >= 0.6 is 0 Å². The van der Waals surface area contributed by atoms with Crippen LogP contribution in [0.4, 0.5) is 5.69 Å². The zero-order chi connectivity index (χ0) is 12.5. The Morgan fingerprint density at radius 3 is 2.24 bits per heavy atom. The highest BCUT2D eigenvalue weighted by Gasteiger charge is 2.25. The average molecular weight is 232 g/mol. The van der Waals surface area contributed by atoms with Crippen LogP contribution in [0.3, 0.4) is 0 Å². The fourth-order valence-corrected chi connectivity index (χ4v) is 2.30. The van der Waals surface area contributed by atoms with E-state index in [-0.39, 0.29) is 5.41 Å². The lowest BCUT2D eigenvalue weighted by atomic mass is 9.81. The molecule has 0 bridgehead atoms. The summed E-state index contributed by atoms with van der Waals surface area (Å²) in [6, 6.07) is 9.24. The van der Waals surface area contributed by atoms with Crippen molar-refractivity contribution in [3.63, 3.8) is 0 Å². The monoisotopic (exact) mass is 232 g/mol. The molecule has 0 heterocycles. The summed E-state index contributed by atoms with van der Waals surface area (Å²) >= 11 is 0. The summed E-state index contributed by atoms with van der Waals surface area (Å²) in [6.07, 6.45) is 2.35. The quantitative estimate of drug-likeness (QED) is 0.840. The molecule has 94 valence electrons. The minimum Gasteiger partial charge on any atom is -0.385 e. The SMILES string of the molecule is CC(C)(C)c1ccc(NCC2CC(N)C2)cc1. The molecule has 0 spiro atoms. The maximum absolute atomic E-state index is 5.78. The standard InChI is InChI=1S/C15H24N2/c1-15(2,3)12-4-6-14(7-5-12)17-10-11-8-13(16)9-11/h4-7,11,13,17H,8-10,16H2,1-3H3. The Labute approximate surface area is 105 Å². The first-order chi connectivity index (χ1) is 7.95. The van der Waals surface area contributed by atoms with E-state index in [1.165, 1.54) is 24.1 Å². The Morgan fingerprint density at radius 2 is 1.76 bits per heavy atom. The number of benzene rings is 1. The van der Waals surface area contributed by atoms with Crippen molar-refractivity contribution in [1.29, 1.82) is 0 Å². The summed E-state index contributed by atoms with van der Waals surface area (Å²) in [5.74, 6) is 0.771. The third kappa shape index (κ3) is 3.22. The molecule has 17 heavy (non-hydrogen) atoms. The lowest BCUT2D eigenvalue weighted by Gasteiger charge is -2.32. The van der Waals surface area contributed by atoms with Crippen molar-refractivity contribution in [3.8, 4) is 0 Å². The Hall–Kier alpha value is -1.02. The van der Waals surface area contributed by atoms with Crippen molar-refractivity contribution < 1.29 is 0 Å². The van der Waals surface area contributed by atoms with Crippen LogP contribution in [0.5, 0.6) is 0 Å². The maximum Gasteiger partial charge on any atom is 0.0340 e. The smallest absolute Gasteiger partial charge is 0.0340 e. The second kappa shape index (κ2) is 4.69. The molecule has 0 atom stereocenters. The van der Waals surface area contributed by atoms with Crippen molar-refractivity contribution in [2.75, 3.05) is 11.9 Å². The number of nitrogens with two attached hydrogens (primary N) is 1. The van der Waals surface area contributed by atoms with Gasteiger partial charge >= 0.3 is 0 Å². The first kappa shape index (κ1) is 12.4. The van der Waals surface area contributed by atoms with Crippen molar-refractivity contribution >= 4 is 5.69 Å². The molecule has 3 N–H and O–H groups in total. The van der Waals surface area contributed by atoms with E-state index in [0.717, 1.165) is 12.5 Å². The summed E-state index contributed by atoms with van der Waals surface area (Å²) in [5.41, 5.74) is 8.62. The number of hydrogen-bond donors (Lipinski definition) is 2. The van der Waals surface area contributed by atoms with Crippen molar-refractivity contribution in [1.82, 2.24) is 0 Å². The summed E-state index contributed by atoms with van der Waals surface area (Å²) < 4.78 is 0. The predicted octanol–water partition coefficient (Wildman–Crippen LogP) is 3.13. The van der Waals surface area contributed by atoms with E-state index in [2.05, 4.69) is 50.4 Å². The largest absolute Gasteiger partial charge is 0.385 e. The van der Waals surface area contributed by atoms with E-state index < -0.39 is 0 Å². The number of rotatable bonds is 3. The van der Waals surface area contributed by atoms with Crippen LogP contribution in [0.15, 0.2) is 24.3 Å². The summed E-state index contributed by atoms with van der Waals surface area (Å²) in [6.45, 7) is 7.78. The zero-order valence-corrected chi connectivity index (χ0v) is 11.2. The number of anilines is 1. The molecule has 0 saturated heterocycles. The molecule has 1 fully saturated rings. The lowest BCUT2D eigenvalue weighted by Crippen LogP contribution is -2.39. The number of nitrogens with one attached hydrogen (secondary N) is 1. The van der Waals surface area contributed by atoms with Gasteiger partial charge in [0, 0.05) is 18.3 Å². The van der Waals surface area contributed by atoms with Gasteiger partial charge in [-0.3, -0.25) is 0 Å². The first-order valence-electron chi connectivity index (χ1n) is 6.55. The van der Waals surface area contributed by atoms with Crippen molar-refractivity contribution in [2.24, 2.45) is 11.7 Å². The van der Waals surface area contributed by atoms with Crippen LogP contribution < -0.4 is 11.1 Å². The van der Waals surface area contributed by atoms with Gasteiger partial charge in [-0.05, 0) is 41.9 Å². The van der Waals surface area contributed by atoms with Gasteiger partial charge in [0.15, 0.2) is 0 Å². The van der Waals surface area contributed by atoms with Gasteiger partial charge in [-0.1, -0.05) is 32.9 Å². The third-order valence-corrected chi connectivity index (χ3v) is 3.62. The summed E-state index contributed by atoms with van der Waals surface area (Å²) in [7, 11) is 0. The lowest BCUT2D eigenvalue weighted by molar-refractivity contribution is 0.280. The van der Waals surface area contributed by atoms with Crippen LogP contribution in [0.2, 0.25) is 0 Å². The van der Waals surface area contributed by atoms with Gasteiger partial charge in [-0.25, -0.2) is 0 Å². The Bertz CT molecular complexity index is 356. The van der Waals surface area contributed by atoms with E-state index in [0.29, 0.717) is 6.04 Å². The normalized spacial score (nSPS) is 24.2. The molecule has 2 rings (SSSR count). The highest BCUT2D eigenvalue weighted by Crippen LogP contribution is 2.27. The van der Waals surface area contributed by atoms with Gasteiger partial charge < -0.3 is 11.1 Å². The molecule has 1 aliphatic carbocycles. The molecule has 1 saturated carbocycles. The average Bonchev–Trinajstić information content (AvgIpc) is 2.22. The second-order valence-corrected chi connectivity index (χ2v) is 6.31. The highest BCUT2D eigenvalue weighted by atomic mass is 14.9. The fourth-order valence-electron chi connectivity index (χ4n) is 2.30. The second-order valence-electron chi connectivity index (χ2n) is 6.31. The van der Waals surface area contributed by atoms with E-state index in [1.54, 1.807) is 0 Å². The summed E-state index contributed by atoms with van der Waals surface area (Å²) in [5, 5.41) is 3.49. The minimum absolute atomic E-state index is 0.235. The topological polar surface area (TPSA) is 38.0 Å². The van der Waals surface area contributed by atoms with E-state index >= 15 is 0 Å². The minimum atomic E-state index is 0.235. The van der Waals surface area contributed by atoms with E-state index in [4.69, 9.17) is 5.73 Å². The molecular weight excluding hydrogens is 208 g/mol. The van der Waals surface area contributed by atoms with Crippen LogP contribution in [0, 0.1) is 5.92 Å². The highest BCUT2D eigenvalue weighted by molar-refractivity contribution is 5.45. The van der Waals surface area contributed by atoms with Crippen LogP contribution in [-0.2, 0) is 5.41 Å². The van der Waals surface area contributed by atoms with Crippen LogP contribution in [0.25, 0.3) is 0 Å². The fraction of sp³-hybridized carbons (Fsp3) is 0.600. The molecule has 0 aliphatic heterocycles. The van der Waals surface area contributed by atoms with Gasteiger partial charge in [-0.15, -0.1) is 0 Å². The van der Waals surface area contributed by atoms with Crippen LogP contribution in [-0.4, -0.2) is 12.6 Å². The van der Waals surface area contributed by atoms with Crippen molar-refractivity contribution in [3.05, 3.63) is 29.8 Å². The van der Waals surface area contributed by atoms with Gasteiger partial charge in [0.25, 0.3) is 0 Å². The molecule has 1 aromatic carbocycles. The molecule has 0 amide bonds. The van der Waals surface area contributed by atoms with Gasteiger partial charge in [0.2, 0.25) is 0 Å². The predicted molar refractivity (Wildman–Crippen MR) is 74.3 cm³/mol. The Morgan fingerprint density at radius 1 is 1.18 bits per heavy atom. The van der Waals surface area contributed by atoms with E-state index in [1.807, 2.05) is 0 Å². The van der Waals surface area contributed by atoms with Crippen molar-refractivity contribution in [2.45, 2.75) is 45.1 Å². The van der Waals surface area contributed by atoms with Gasteiger partial charge in [-0.2, -0.15) is 0 Å². The molecule has 2 heteroatoms. The van der Waals surface area contributed by atoms with Crippen LogP contribution in [0.1, 0.15) is 39.2 Å². The number of hydrogen-bond acceptors (Lipinski definition) is 2. The van der Waals surface area contributed by atoms with E-state index in [9.17, 15) is 0 Å².